The van der Waals surface area contributed by atoms with Gasteiger partial charge in [0.05, 0.1) is 6.04 Å². The summed E-state index contributed by atoms with van der Waals surface area (Å²) in [5.74, 6) is 0.774. The topological polar surface area (TPSA) is 75.7 Å². The molecule has 1 unspecified atom stereocenters. The third-order valence-electron chi connectivity index (χ3n) is 5.26. The fourth-order valence-electron chi connectivity index (χ4n) is 3.72. The number of ether oxygens (including phenoxy) is 1. The second-order valence-electron chi connectivity index (χ2n) is 6.87. The van der Waals surface area contributed by atoms with Gasteiger partial charge in [0.2, 0.25) is 0 Å². The molecule has 1 atom stereocenters. The molecule has 1 aliphatic heterocycles. The summed E-state index contributed by atoms with van der Waals surface area (Å²) in [6, 6.07) is 12.0. The van der Waals surface area contributed by atoms with Crippen LogP contribution in [0, 0.1) is 0 Å². The van der Waals surface area contributed by atoms with E-state index in [2.05, 4.69) is 37.6 Å². The highest BCUT2D eigenvalue weighted by molar-refractivity contribution is 6.30. The van der Waals surface area contributed by atoms with Crippen LogP contribution in [0.3, 0.4) is 0 Å². The van der Waals surface area contributed by atoms with E-state index in [9.17, 15) is 0 Å². The lowest BCUT2D eigenvalue weighted by Crippen LogP contribution is -2.44. The van der Waals surface area contributed by atoms with Crippen LogP contribution in [0.5, 0.6) is 0 Å². The molecule has 1 aliphatic rings. The molecule has 6 nitrogen and oxygen atoms in total. The van der Waals surface area contributed by atoms with Crippen molar-refractivity contribution >= 4 is 11.6 Å². The van der Waals surface area contributed by atoms with Crippen LogP contribution in [-0.4, -0.2) is 39.9 Å². The molecule has 1 fully saturated rings. The van der Waals surface area contributed by atoms with Crippen molar-refractivity contribution < 1.29 is 4.74 Å². The van der Waals surface area contributed by atoms with Crippen molar-refractivity contribution in [1.82, 2.24) is 25.5 Å². The lowest BCUT2D eigenvalue weighted by atomic mass is 9.74. The minimum absolute atomic E-state index is 0.0381. The van der Waals surface area contributed by atoms with Crippen molar-refractivity contribution in [3.63, 3.8) is 0 Å². The molecule has 3 heterocycles. The normalized spacial score (nSPS) is 17.5. The molecule has 7 heteroatoms. The van der Waals surface area contributed by atoms with E-state index >= 15 is 0 Å². The van der Waals surface area contributed by atoms with Crippen LogP contribution < -0.4 is 5.32 Å². The summed E-state index contributed by atoms with van der Waals surface area (Å²) in [7, 11) is 0. The number of aromatic amines is 1. The molecule has 3 aromatic rings. The zero-order chi connectivity index (χ0) is 18.5. The summed E-state index contributed by atoms with van der Waals surface area (Å²) in [5, 5.41) is 11.5. The molecule has 4 rings (SSSR count). The maximum atomic E-state index is 6.28. The lowest BCUT2D eigenvalue weighted by Gasteiger charge is -2.39. The SMILES string of the molecule is Clc1cccc(C2(CNC(c3cccnc3)c3ncn[nH]3)CCOCC2)c1. The molecule has 27 heavy (non-hydrogen) atoms. The van der Waals surface area contributed by atoms with Gasteiger partial charge in [0.15, 0.2) is 0 Å². The van der Waals surface area contributed by atoms with E-state index in [4.69, 9.17) is 16.3 Å². The standard InChI is InChI=1S/C20H22ClN5O/c21-17-5-1-4-16(11-17)20(6-9-27-10-7-20)13-23-18(19-24-14-25-26-19)15-3-2-8-22-12-15/h1-5,8,11-12,14,18,23H,6-7,9-10,13H2,(H,24,25,26). The fraction of sp³-hybridized carbons (Fsp3) is 0.350. The van der Waals surface area contributed by atoms with E-state index in [0.29, 0.717) is 0 Å². The largest absolute Gasteiger partial charge is 0.381 e. The molecule has 2 aromatic heterocycles. The minimum atomic E-state index is -0.111. The number of rotatable bonds is 6. The number of nitrogens with zero attached hydrogens (tertiary/aromatic N) is 3. The first-order valence-corrected chi connectivity index (χ1v) is 9.47. The molecule has 0 bridgehead atoms. The van der Waals surface area contributed by atoms with Gasteiger partial charge in [0.25, 0.3) is 0 Å². The molecule has 0 spiro atoms. The van der Waals surface area contributed by atoms with Crippen LogP contribution in [-0.2, 0) is 10.2 Å². The third kappa shape index (κ3) is 4.03. The average molecular weight is 384 g/mol. The predicted octanol–water partition coefficient (Wildman–Crippen LogP) is 3.28. The second-order valence-corrected chi connectivity index (χ2v) is 7.31. The third-order valence-corrected chi connectivity index (χ3v) is 5.49. The summed E-state index contributed by atoms with van der Waals surface area (Å²) in [6.45, 7) is 2.26. The van der Waals surface area contributed by atoms with E-state index in [0.717, 1.165) is 49.0 Å². The van der Waals surface area contributed by atoms with E-state index in [-0.39, 0.29) is 11.5 Å². The number of hydrogen-bond acceptors (Lipinski definition) is 5. The van der Waals surface area contributed by atoms with Crippen LogP contribution in [0.1, 0.15) is 35.8 Å². The Morgan fingerprint density at radius 3 is 2.81 bits per heavy atom. The van der Waals surface area contributed by atoms with Crippen LogP contribution in [0.4, 0.5) is 0 Å². The van der Waals surface area contributed by atoms with Gasteiger partial charge in [0.1, 0.15) is 12.2 Å². The van der Waals surface area contributed by atoms with Gasteiger partial charge in [0, 0.05) is 42.6 Å². The van der Waals surface area contributed by atoms with Crippen LogP contribution >= 0.6 is 11.6 Å². The monoisotopic (exact) mass is 383 g/mol. The summed E-state index contributed by atoms with van der Waals surface area (Å²) < 4.78 is 5.64. The number of H-pyrrole nitrogens is 1. The first-order chi connectivity index (χ1) is 13.3. The smallest absolute Gasteiger partial charge is 0.146 e. The van der Waals surface area contributed by atoms with Gasteiger partial charge < -0.3 is 10.1 Å². The average Bonchev–Trinajstić information content (AvgIpc) is 3.24. The summed E-state index contributed by atoms with van der Waals surface area (Å²) in [6.07, 6.45) is 7.04. The highest BCUT2D eigenvalue weighted by Crippen LogP contribution is 2.36. The fourth-order valence-corrected chi connectivity index (χ4v) is 3.91. The number of aromatic nitrogens is 4. The Morgan fingerprint density at radius 2 is 2.11 bits per heavy atom. The molecule has 0 aliphatic carbocycles. The Hall–Kier alpha value is -2.28. The van der Waals surface area contributed by atoms with Gasteiger partial charge >= 0.3 is 0 Å². The maximum Gasteiger partial charge on any atom is 0.146 e. The molecular formula is C20H22ClN5O. The maximum absolute atomic E-state index is 6.28. The number of hydrogen-bond donors (Lipinski definition) is 2. The Kier molecular flexibility index (Phi) is 5.48. The van der Waals surface area contributed by atoms with E-state index in [1.165, 1.54) is 11.9 Å². The van der Waals surface area contributed by atoms with E-state index in [1.807, 2.05) is 30.5 Å². The lowest BCUT2D eigenvalue weighted by molar-refractivity contribution is 0.0492. The van der Waals surface area contributed by atoms with Gasteiger partial charge in [-0.25, -0.2) is 4.98 Å². The summed E-state index contributed by atoms with van der Waals surface area (Å²) >= 11 is 6.28. The van der Waals surface area contributed by atoms with Crippen molar-refractivity contribution in [2.75, 3.05) is 19.8 Å². The van der Waals surface area contributed by atoms with Crippen molar-refractivity contribution in [3.8, 4) is 0 Å². The Bertz CT molecular complexity index is 850. The van der Waals surface area contributed by atoms with Gasteiger partial charge in [-0.2, -0.15) is 5.10 Å². The number of halogens is 1. The highest BCUT2D eigenvalue weighted by Gasteiger charge is 2.35. The first-order valence-electron chi connectivity index (χ1n) is 9.09. The van der Waals surface area contributed by atoms with Crippen LogP contribution in [0.15, 0.2) is 55.1 Å². The van der Waals surface area contributed by atoms with Gasteiger partial charge in [-0.3, -0.25) is 10.1 Å². The van der Waals surface area contributed by atoms with Gasteiger partial charge in [-0.15, -0.1) is 0 Å². The first kappa shape index (κ1) is 18.1. The Morgan fingerprint density at radius 1 is 1.22 bits per heavy atom. The van der Waals surface area contributed by atoms with Crippen molar-refractivity contribution in [2.24, 2.45) is 0 Å². The molecule has 140 valence electrons. The summed E-state index contributed by atoms with van der Waals surface area (Å²) in [4.78, 5) is 8.62. The van der Waals surface area contributed by atoms with E-state index < -0.39 is 0 Å². The molecule has 0 saturated carbocycles. The zero-order valence-corrected chi connectivity index (χ0v) is 15.7. The minimum Gasteiger partial charge on any atom is -0.381 e. The molecule has 1 saturated heterocycles. The van der Waals surface area contributed by atoms with Crippen molar-refractivity contribution in [2.45, 2.75) is 24.3 Å². The Balaban J connectivity index is 1.62. The predicted molar refractivity (Wildman–Crippen MR) is 104 cm³/mol. The second kappa shape index (κ2) is 8.17. The number of benzene rings is 1. The molecule has 1 aromatic carbocycles. The van der Waals surface area contributed by atoms with Gasteiger partial charge in [-0.1, -0.05) is 29.8 Å². The zero-order valence-electron chi connectivity index (χ0n) is 14.9. The molecular weight excluding hydrogens is 362 g/mol. The van der Waals surface area contributed by atoms with Crippen molar-refractivity contribution in [1.29, 1.82) is 0 Å². The van der Waals surface area contributed by atoms with E-state index in [1.54, 1.807) is 6.20 Å². The van der Waals surface area contributed by atoms with Gasteiger partial charge in [-0.05, 0) is 42.2 Å². The quantitative estimate of drug-likeness (QED) is 0.683. The van der Waals surface area contributed by atoms with Crippen LogP contribution in [0.2, 0.25) is 5.02 Å². The molecule has 0 radical (unpaired) electrons. The molecule has 0 amide bonds. The number of pyridine rings is 1. The number of nitrogens with one attached hydrogen (secondary N) is 2. The summed E-state index contributed by atoms with van der Waals surface area (Å²) in [5.41, 5.74) is 2.25. The van der Waals surface area contributed by atoms with Crippen molar-refractivity contribution in [3.05, 3.63) is 77.1 Å². The van der Waals surface area contributed by atoms with Crippen LogP contribution in [0.25, 0.3) is 0 Å². The highest BCUT2D eigenvalue weighted by atomic mass is 35.5. The molecule has 2 N–H and O–H groups in total. The Labute approximate surface area is 163 Å².